The van der Waals surface area contributed by atoms with Crippen LogP contribution in [0.4, 0.5) is 0 Å². The quantitative estimate of drug-likeness (QED) is 0.527. The van der Waals surface area contributed by atoms with Crippen LogP contribution in [0.25, 0.3) is 0 Å². The fourth-order valence-corrected chi connectivity index (χ4v) is 3.58. The van der Waals surface area contributed by atoms with Crippen LogP contribution < -0.4 is 0 Å². The molecule has 3 aromatic rings. The predicted octanol–water partition coefficient (Wildman–Crippen LogP) is 6.45. The van der Waals surface area contributed by atoms with Crippen molar-refractivity contribution >= 4 is 0 Å². The van der Waals surface area contributed by atoms with Crippen LogP contribution in [0, 0.1) is 0 Å². The van der Waals surface area contributed by atoms with Gasteiger partial charge in [0.05, 0.1) is 0 Å². The lowest BCUT2D eigenvalue weighted by molar-refractivity contribution is 0.216. The molecule has 0 aliphatic carbocycles. The molecule has 158 valence electrons. The summed E-state index contributed by atoms with van der Waals surface area (Å²) in [6, 6.07) is 23.9. The van der Waals surface area contributed by atoms with Gasteiger partial charge in [-0.3, -0.25) is 0 Å². The monoisotopic (exact) mass is 402 g/mol. The van der Waals surface area contributed by atoms with E-state index in [0.717, 1.165) is 22.3 Å². The molecule has 0 saturated heterocycles. The van der Waals surface area contributed by atoms with Gasteiger partial charge in [-0.15, -0.1) is 0 Å². The maximum Gasteiger partial charge on any atom is 0.104 e. The molecule has 0 aromatic heterocycles. The minimum Gasteiger partial charge on any atom is -0.384 e. The molecule has 2 nitrogen and oxygen atoms in total. The molecule has 2 heteroatoms. The van der Waals surface area contributed by atoms with E-state index in [1.54, 1.807) is 0 Å². The van der Waals surface area contributed by atoms with Crippen molar-refractivity contribution in [2.45, 2.75) is 64.6 Å². The number of rotatable bonds is 4. The van der Waals surface area contributed by atoms with Gasteiger partial charge in [-0.05, 0) is 44.2 Å². The van der Waals surface area contributed by atoms with Gasteiger partial charge in [-0.1, -0.05) is 114 Å². The van der Waals surface area contributed by atoms with E-state index in [9.17, 15) is 10.2 Å². The molecule has 0 bridgehead atoms. The van der Waals surface area contributed by atoms with Gasteiger partial charge in [0.15, 0.2) is 0 Å². The zero-order valence-corrected chi connectivity index (χ0v) is 19.0. The first-order valence-corrected chi connectivity index (χ1v) is 10.6. The van der Waals surface area contributed by atoms with Gasteiger partial charge in [-0.25, -0.2) is 0 Å². The number of aliphatic hydroxyl groups is 2. The molecule has 0 fully saturated rings. The number of hydrogen-bond donors (Lipinski definition) is 2. The van der Waals surface area contributed by atoms with Crippen molar-refractivity contribution in [3.63, 3.8) is 0 Å². The fourth-order valence-electron chi connectivity index (χ4n) is 3.58. The summed E-state index contributed by atoms with van der Waals surface area (Å²) in [5.41, 5.74) is 6.04. The molecule has 0 aliphatic rings. The molecule has 2 N–H and O–H groups in total. The van der Waals surface area contributed by atoms with Crippen molar-refractivity contribution in [2.24, 2.45) is 0 Å². The van der Waals surface area contributed by atoms with Gasteiger partial charge in [0.25, 0.3) is 0 Å². The molecule has 0 saturated carbocycles. The minimum atomic E-state index is -0.684. The van der Waals surface area contributed by atoms with Crippen LogP contribution in [0.1, 0.15) is 87.1 Å². The van der Waals surface area contributed by atoms with Gasteiger partial charge >= 0.3 is 0 Å². The third kappa shape index (κ3) is 5.00. The summed E-state index contributed by atoms with van der Waals surface area (Å²) in [7, 11) is 0. The zero-order valence-electron chi connectivity index (χ0n) is 19.0. The maximum atomic E-state index is 10.8. The SMILES string of the molecule is CC(C)(C)c1ccc(C(O)c2ccc(C(O)c3ccc(C(C)(C)C)cc3)cc2)cc1. The molecule has 30 heavy (non-hydrogen) atoms. The van der Waals surface area contributed by atoms with Crippen LogP contribution in [0.2, 0.25) is 0 Å². The number of benzene rings is 3. The molecule has 0 amide bonds. The molecule has 3 aromatic carbocycles. The smallest absolute Gasteiger partial charge is 0.104 e. The third-order valence-electron chi connectivity index (χ3n) is 5.75. The van der Waals surface area contributed by atoms with E-state index in [-0.39, 0.29) is 10.8 Å². The highest BCUT2D eigenvalue weighted by atomic mass is 16.3. The van der Waals surface area contributed by atoms with Crippen LogP contribution in [0.5, 0.6) is 0 Å². The van der Waals surface area contributed by atoms with Crippen molar-refractivity contribution in [3.8, 4) is 0 Å². The van der Waals surface area contributed by atoms with E-state index in [1.807, 2.05) is 48.5 Å². The Labute approximate surface area is 181 Å². The normalized spacial score (nSPS) is 14.4. The molecule has 0 radical (unpaired) electrons. The molecule has 0 spiro atoms. The highest BCUT2D eigenvalue weighted by molar-refractivity contribution is 5.38. The zero-order chi connectivity index (χ0) is 22.1. The Kier molecular flexibility index (Phi) is 6.21. The molecular formula is C28H34O2. The summed E-state index contributed by atoms with van der Waals surface area (Å²) in [6.07, 6.45) is -1.37. The minimum absolute atomic E-state index is 0.0896. The molecule has 2 atom stereocenters. The topological polar surface area (TPSA) is 40.5 Å². The number of hydrogen-bond acceptors (Lipinski definition) is 2. The van der Waals surface area contributed by atoms with E-state index >= 15 is 0 Å². The second-order valence-electron chi connectivity index (χ2n) is 10.2. The van der Waals surface area contributed by atoms with E-state index in [2.05, 4.69) is 65.8 Å². The summed E-state index contributed by atoms with van der Waals surface area (Å²) in [6.45, 7) is 13.1. The van der Waals surface area contributed by atoms with E-state index in [1.165, 1.54) is 11.1 Å². The Hall–Kier alpha value is -2.42. The molecule has 2 unspecified atom stereocenters. The highest BCUT2D eigenvalue weighted by Gasteiger charge is 2.18. The van der Waals surface area contributed by atoms with Crippen LogP contribution in [0.3, 0.4) is 0 Å². The van der Waals surface area contributed by atoms with Gasteiger partial charge in [0.2, 0.25) is 0 Å². The van der Waals surface area contributed by atoms with Gasteiger partial charge < -0.3 is 10.2 Å². The van der Waals surface area contributed by atoms with Crippen molar-refractivity contribution in [1.82, 2.24) is 0 Å². The predicted molar refractivity (Wildman–Crippen MR) is 125 cm³/mol. The largest absolute Gasteiger partial charge is 0.384 e. The second-order valence-corrected chi connectivity index (χ2v) is 10.2. The fraction of sp³-hybridized carbons (Fsp3) is 0.357. The van der Waals surface area contributed by atoms with Gasteiger partial charge in [0.1, 0.15) is 12.2 Å². The van der Waals surface area contributed by atoms with Crippen molar-refractivity contribution in [3.05, 3.63) is 106 Å². The molecule has 3 rings (SSSR count). The molecule has 0 heterocycles. The van der Waals surface area contributed by atoms with E-state index < -0.39 is 12.2 Å². The highest BCUT2D eigenvalue weighted by Crippen LogP contribution is 2.30. The van der Waals surface area contributed by atoms with Crippen LogP contribution in [-0.4, -0.2) is 10.2 Å². The second kappa shape index (κ2) is 8.37. The summed E-state index contributed by atoms with van der Waals surface area (Å²) in [4.78, 5) is 0. The van der Waals surface area contributed by atoms with Crippen LogP contribution >= 0.6 is 0 Å². The Morgan fingerprint density at radius 2 is 0.633 bits per heavy atom. The van der Waals surface area contributed by atoms with Crippen molar-refractivity contribution < 1.29 is 10.2 Å². The Bertz CT molecular complexity index is 871. The number of aliphatic hydroxyl groups excluding tert-OH is 2. The lowest BCUT2D eigenvalue weighted by Gasteiger charge is -2.21. The van der Waals surface area contributed by atoms with Crippen molar-refractivity contribution in [2.75, 3.05) is 0 Å². The first-order chi connectivity index (χ1) is 14.0. The average molecular weight is 403 g/mol. The molecular weight excluding hydrogens is 368 g/mol. The Balaban J connectivity index is 1.75. The van der Waals surface area contributed by atoms with E-state index in [0.29, 0.717) is 0 Å². The Morgan fingerprint density at radius 1 is 0.433 bits per heavy atom. The van der Waals surface area contributed by atoms with Gasteiger partial charge in [-0.2, -0.15) is 0 Å². The standard InChI is InChI=1S/C28H34O2/c1-27(2,3)23-15-11-21(12-16-23)25(29)19-7-9-20(10-8-19)26(30)22-13-17-24(18-14-22)28(4,5)6/h7-18,25-26,29-30H,1-6H3. The maximum absolute atomic E-state index is 10.8. The average Bonchev–Trinajstić information content (AvgIpc) is 2.72. The summed E-state index contributed by atoms with van der Waals surface area (Å²) < 4.78 is 0. The summed E-state index contributed by atoms with van der Waals surface area (Å²) in [5, 5.41) is 21.6. The summed E-state index contributed by atoms with van der Waals surface area (Å²) >= 11 is 0. The lowest BCUT2D eigenvalue weighted by Crippen LogP contribution is -2.11. The van der Waals surface area contributed by atoms with Crippen LogP contribution in [-0.2, 0) is 10.8 Å². The third-order valence-corrected chi connectivity index (χ3v) is 5.75. The van der Waals surface area contributed by atoms with Crippen LogP contribution in [0.15, 0.2) is 72.8 Å². The van der Waals surface area contributed by atoms with E-state index in [4.69, 9.17) is 0 Å². The van der Waals surface area contributed by atoms with Crippen molar-refractivity contribution in [1.29, 1.82) is 0 Å². The summed E-state index contributed by atoms with van der Waals surface area (Å²) in [5.74, 6) is 0. The first kappa shape index (κ1) is 22.3. The van der Waals surface area contributed by atoms with Gasteiger partial charge in [0, 0.05) is 0 Å². The first-order valence-electron chi connectivity index (χ1n) is 10.6. The molecule has 0 aliphatic heterocycles. The lowest BCUT2D eigenvalue weighted by atomic mass is 9.85. The Morgan fingerprint density at radius 3 is 0.833 bits per heavy atom.